The van der Waals surface area contributed by atoms with E-state index in [1.165, 1.54) is 38.3 Å². The summed E-state index contributed by atoms with van der Waals surface area (Å²) in [6, 6.07) is 15.7. The number of hydrogen-bond donors (Lipinski definition) is 0. The fourth-order valence-electron chi connectivity index (χ4n) is 3.63. The number of carbonyl (C=O) groups excluding carboxylic acids is 3. The summed E-state index contributed by atoms with van der Waals surface area (Å²) in [5.74, 6) is -1.50. The van der Waals surface area contributed by atoms with Gasteiger partial charge in [-0.25, -0.2) is 9.69 Å². The molecule has 0 unspecified atom stereocenters. The molecule has 1 aliphatic heterocycles. The zero-order valence-electron chi connectivity index (χ0n) is 18.5. The minimum absolute atomic E-state index is 0.128. The van der Waals surface area contributed by atoms with Crippen LogP contribution in [0.2, 0.25) is 0 Å². The first-order chi connectivity index (χ1) is 16.6. The minimum Gasteiger partial charge on any atom is -0.497 e. The molecule has 1 aliphatic rings. The van der Waals surface area contributed by atoms with Crippen LogP contribution in [0.1, 0.15) is 18.1 Å². The van der Waals surface area contributed by atoms with E-state index in [2.05, 4.69) is 0 Å². The van der Waals surface area contributed by atoms with Gasteiger partial charge in [0.05, 0.1) is 18.4 Å². The third-order valence-electron chi connectivity index (χ3n) is 5.56. The van der Waals surface area contributed by atoms with Gasteiger partial charge in [-0.1, -0.05) is 18.2 Å². The molecule has 2 amide bonds. The number of imide groups is 1. The van der Waals surface area contributed by atoms with Gasteiger partial charge in [0.1, 0.15) is 17.2 Å². The predicted molar refractivity (Wildman–Crippen MR) is 117 cm³/mol. The van der Waals surface area contributed by atoms with Gasteiger partial charge >= 0.3 is 18.2 Å². The van der Waals surface area contributed by atoms with Gasteiger partial charge in [0.15, 0.2) is 5.41 Å². The summed E-state index contributed by atoms with van der Waals surface area (Å²) >= 11 is 0. The van der Waals surface area contributed by atoms with Crippen LogP contribution in [0.3, 0.4) is 0 Å². The predicted octanol–water partition coefficient (Wildman–Crippen LogP) is 5.12. The quantitative estimate of drug-likeness (QED) is 0.290. The van der Waals surface area contributed by atoms with Crippen molar-refractivity contribution in [2.24, 2.45) is 0 Å². The molecule has 0 saturated carbocycles. The fraction of sp³-hybridized carbons (Fsp3) is 0.160. The van der Waals surface area contributed by atoms with Gasteiger partial charge in [-0.05, 0) is 61.5 Å². The number of methoxy groups -OCH3 is 1. The van der Waals surface area contributed by atoms with Gasteiger partial charge in [-0.2, -0.15) is 13.2 Å². The Labute approximate surface area is 197 Å². The van der Waals surface area contributed by atoms with Gasteiger partial charge in [0.2, 0.25) is 0 Å². The fourth-order valence-corrected chi connectivity index (χ4v) is 3.63. The molecule has 0 fully saturated rings. The summed E-state index contributed by atoms with van der Waals surface area (Å²) in [4.78, 5) is 40.2. The molecule has 7 nitrogen and oxygen atoms in total. The standard InChI is InChI=1S/C25H18F3NO6/c1-24(22(31)34-17-9-7-15(8-10-17)25(26,27)28)19-5-3-4-6-20(19)29(21(24)30)23(32)35-18-13-11-16(33-2)12-14-18/h3-14H,1-2H3/t24-/m1/s1. The smallest absolute Gasteiger partial charge is 0.426 e. The molecule has 0 N–H and O–H groups in total. The lowest BCUT2D eigenvalue weighted by Crippen LogP contribution is -2.48. The molecule has 0 aliphatic carbocycles. The average Bonchev–Trinajstić information content (AvgIpc) is 3.07. The Morgan fingerprint density at radius 1 is 0.829 bits per heavy atom. The van der Waals surface area contributed by atoms with E-state index in [0.717, 1.165) is 29.2 Å². The van der Waals surface area contributed by atoms with Gasteiger partial charge in [0.25, 0.3) is 5.91 Å². The molecule has 3 aromatic rings. The highest BCUT2D eigenvalue weighted by atomic mass is 19.4. The number of benzene rings is 3. The minimum atomic E-state index is -4.56. The number of nitrogens with zero attached hydrogens (tertiary/aromatic N) is 1. The Balaban J connectivity index is 1.61. The SMILES string of the molecule is COc1ccc(OC(=O)N2C(=O)[C@](C)(C(=O)Oc3ccc(C(F)(F)F)cc3)c3ccccc32)cc1. The highest BCUT2D eigenvalue weighted by Crippen LogP contribution is 2.43. The lowest BCUT2D eigenvalue weighted by molar-refractivity contribution is -0.144. The van der Waals surface area contributed by atoms with E-state index < -0.39 is 35.1 Å². The number of alkyl halides is 3. The monoisotopic (exact) mass is 485 g/mol. The van der Waals surface area contributed by atoms with Crippen LogP contribution in [0.25, 0.3) is 0 Å². The van der Waals surface area contributed by atoms with Crippen LogP contribution in [0.4, 0.5) is 23.7 Å². The van der Waals surface area contributed by atoms with Crippen LogP contribution in [-0.2, 0) is 21.2 Å². The second kappa shape index (κ2) is 8.79. The maximum Gasteiger partial charge on any atom is 0.426 e. The summed E-state index contributed by atoms with van der Waals surface area (Å²) in [5, 5.41) is 0. The van der Waals surface area contributed by atoms with E-state index in [1.54, 1.807) is 24.3 Å². The van der Waals surface area contributed by atoms with Crippen molar-refractivity contribution in [3.05, 3.63) is 83.9 Å². The molecule has 3 aromatic carbocycles. The van der Waals surface area contributed by atoms with Crippen LogP contribution < -0.4 is 19.1 Å². The second-order valence-corrected chi connectivity index (χ2v) is 7.74. The van der Waals surface area contributed by atoms with Crippen molar-refractivity contribution in [3.63, 3.8) is 0 Å². The molecule has 10 heteroatoms. The van der Waals surface area contributed by atoms with E-state index in [4.69, 9.17) is 14.2 Å². The maximum atomic E-state index is 13.4. The van der Waals surface area contributed by atoms with Crippen molar-refractivity contribution in [2.75, 3.05) is 12.0 Å². The molecule has 4 rings (SSSR count). The lowest BCUT2D eigenvalue weighted by atomic mass is 9.84. The number of esters is 1. The van der Waals surface area contributed by atoms with E-state index in [-0.39, 0.29) is 22.7 Å². The third kappa shape index (κ3) is 4.30. The van der Waals surface area contributed by atoms with E-state index in [0.29, 0.717) is 5.75 Å². The summed E-state index contributed by atoms with van der Waals surface area (Å²) in [6.45, 7) is 1.28. The molecule has 0 radical (unpaired) electrons. The summed E-state index contributed by atoms with van der Waals surface area (Å²) < 4.78 is 54.0. The van der Waals surface area contributed by atoms with Gasteiger partial charge in [-0.15, -0.1) is 0 Å². The Bertz CT molecular complexity index is 1290. The van der Waals surface area contributed by atoms with Gasteiger partial charge in [0, 0.05) is 5.56 Å². The Morgan fingerprint density at radius 3 is 1.97 bits per heavy atom. The highest BCUT2D eigenvalue weighted by molar-refractivity contribution is 6.28. The third-order valence-corrected chi connectivity index (χ3v) is 5.56. The van der Waals surface area contributed by atoms with Crippen molar-refractivity contribution in [3.8, 4) is 17.2 Å². The van der Waals surface area contributed by atoms with Crippen LogP contribution >= 0.6 is 0 Å². The molecule has 0 spiro atoms. The Morgan fingerprint density at radius 2 is 1.37 bits per heavy atom. The number of rotatable bonds is 4. The first-order valence-corrected chi connectivity index (χ1v) is 10.2. The summed E-state index contributed by atoms with van der Waals surface area (Å²) in [7, 11) is 1.48. The number of amides is 2. The first kappa shape index (κ1) is 23.8. The molecular weight excluding hydrogens is 467 g/mol. The normalized spacial score (nSPS) is 17.1. The maximum absolute atomic E-state index is 13.4. The van der Waals surface area contributed by atoms with Crippen molar-refractivity contribution in [2.45, 2.75) is 18.5 Å². The van der Waals surface area contributed by atoms with E-state index >= 15 is 0 Å². The first-order valence-electron chi connectivity index (χ1n) is 10.2. The summed E-state index contributed by atoms with van der Waals surface area (Å²) in [5.41, 5.74) is -2.55. The van der Waals surface area contributed by atoms with Crippen molar-refractivity contribution in [1.82, 2.24) is 0 Å². The molecule has 180 valence electrons. The van der Waals surface area contributed by atoms with Gasteiger partial charge < -0.3 is 14.2 Å². The zero-order chi connectivity index (χ0) is 25.4. The molecule has 1 atom stereocenters. The number of hydrogen-bond acceptors (Lipinski definition) is 6. The molecule has 0 saturated heterocycles. The average molecular weight is 485 g/mol. The number of anilines is 1. The number of ether oxygens (including phenoxy) is 3. The van der Waals surface area contributed by atoms with E-state index in [9.17, 15) is 27.6 Å². The van der Waals surface area contributed by atoms with Crippen LogP contribution in [0.5, 0.6) is 17.2 Å². The van der Waals surface area contributed by atoms with E-state index in [1.807, 2.05) is 0 Å². The number of para-hydroxylation sites is 1. The molecular formula is C25H18F3NO6. The summed E-state index contributed by atoms with van der Waals surface area (Å²) in [6.07, 6.45) is -5.60. The number of carbonyl (C=O) groups is 3. The molecule has 0 aromatic heterocycles. The molecule has 0 bridgehead atoms. The number of halogens is 3. The highest BCUT2D eigenvalue weighted by Gasteiger charge is 2.56. The number of fused-ring (bicyclic) bond motifs is 1. The van der Waals surface area contributed by atoms with Crippen molar-refractivity contribution in [1.29, 1.82) is 0 Å². The van der Waals surface area contributed by atoms with Crippen molar-refractivity contribution >= 4 is 23.7 Å². The Hall–Kier alpha value is -4.34. The molecule has 35 heavy (non-hydrogen) atoms. The Kier molecular flexibility index (Phi) is 5.98. The van der Waals surface area contributed by atoms with Gasteiger partial charge in [-0.3, -0.25) is 9.59 Å². The largest absolute Gasteiger partial charge is 0.497 e. The van der Waals surface area contributed by atoms with Crippen LogP contribution in [0.15, 0.2) is 72.8 Å². The van der Waals surface area contributed by atoms with Crippen LogP contribution in [0, 0.1) is 0 Å². The van der Waals surface area contributed by atoms with Crippen molar-refractivity contribution < 1.29 is 41.8 Å². The topological polar surface area (TPSA) is 82.1 Å². The van der Waals surface area contributed by atoms with Crippen LogP contribution in [-0.4, -0.2) is 25.1 Å². The zero-order valence-corrected chi connectivity index (χ0v) is 18.5. The molecule has 1 heterocycles. The second-order valence-electron chi connectivity index (χ2n) is 7.74. The lowest BCUT2D eigenvalue weighted by Gasteiger charge is -2.21.